The van der Waals surface area contributed by atoms with Gasteiger partial charge in [0.25, 0.3) is 0 Å². The van der Waals surface area contributed by atoms with Crippen molar-refractivity contribution >= 4 is 0 Å². The molecule has 1 atom stereocenters. The predicted octanol–water partition coefficient (Wildman–Crippen LogP) is 2.31. The van der Waals surface area contributed by atoms with Crippen molar-refractivity contribution in [3.05, 3.63) is 29.9 Å². The molecule has 0 amide bonds. The van der Waals surface area contributed by atoms with Crippen LogP contribution in [0.1, 0.15) is 24.8 Å². The molecule has 1 aromatic heterocycles. The molecule has 114 valence electrons. The van der Waals surface area contributed by atoms with Crippen molar-refractivity contribution in [3.63, 3.8) is 0 Å². The summed E-state index contributed by atoms with van der Waals surface area (Å²) in [4.78, 5) is 4.24. The standard InChI is InChI=1S/C14H18FN3O3/c1-19-7-3-4-11(16)14-17-13(18-21-14)9-5-6-10(15)12(8-9)20-2/h5-6,8,11H,3-4,7,16H2,1-2H3. The number of ether oxygens (including phenoxy) is 2. The first-order valence-corrected chi connectivity index (χ1v) is 6.57. The Hall–Kier alpha value is -1.99. The van der Waals surface area contributed by atoms with Crippen LogP contribution in [-0.4, -0.2) is 31.0 Å². The van der Waals surface area contributed by atoms with Gasteiger partial charge < -0.3 is 19.7 Å². The highest BCUT2D eigenvalue weighted by Gasteiger charge is 2.16. The van der Waals surface area contributed by atoms with E-state index in [0.717, 1.165) is 6.42 Å². The third kappa shape index (κ3) is 3.77. The zero-order chi connectivity index (χ0) is 15.2. The molecule has 2 aromatic rings. The molecule has 0 bridgehead atoms. The predicted molar refractivity (Wildman–Crippen MR) is 74.3 cm³/mol. The summed E-state index contributed by atoms with van der Waals surface area (Å²) in [5.74, 6) is 0.388. The summed E-state index contributed by atoms with van der Waals surface area (Å²) >= 11 is 0. The first-order valence-electron chi connectivity index (χ1n) is 6.57. The van der Waals surface area contributed by atoms with Gasteiger partial charge in [-0.25, -0.2) is 4.39 Å². The van der Waals surface area contributed by atoms with Crippen molar-refractivity contribution in [2.75, 3.05) is 20.8 Å². The summed E-state index contributed by atoms with van der Waals surface area (Å²) in [7, 11) is 3.04. The van der Waals surface area contributed by atoms with Crippen molar-refractivity contribution in [1.82, 2.24) is 10.1 Å². The molecule has 0 saturated carbocycles. The van der Waals surface area contributed by atoms with E-state index in [2.05, 4.69) is 10.1 Å². The highest BCUT2D eigenvalue weighted by Crippen LogP contribution is 2.25. The van der Waals surface area contributed by atoms with Crippen LogP contribution in [0.4, 0.5) is 4.39 Å². The molecule has 1 unspecified atom stereocenters. The van der Waals surface area contributed by atoms with E-state index in [-0.39, 0.29) is 11.8 Å². The third-order valence-corrected chi connectivity index (χ3v) is 3.03. The Morgan fingerprint density at radius 1 is 1.38 bits per heavy atom. The molecule has 0 aliphatic heterocycles. The maximum Gasteiger partial charge on any atom is 0.243 e. The quantitative estimate of drug-likeness (QED) is 0.789. The second-order valence-corrected chi connectivity index (χ2v) is 4.55. The van der Waals surface area contributed by atoms with Crippen LogP contribution in [-0.2, 0) is 4.74 Å². The van der Waals surface area contributed by atoms with Crippen LogP contribution >= 0.6 is 0 Å². The lowest BCUT2D eigenvalue weighted by atomic mass is 10.1. The number of halogens is 1. The van der Waals surface area contributed by atoms with Gasteiger partial charge >= 0.3 is 0 Å². The largest absolute Gasteiger partial charge is 0.494 e. The Bertz CT molecular complexity index is 589. The number of nitrogens with two attached hydrogens (primary N) is 1. The zero-order valence-corrected chi connectivity index (χ0v) is 12.0. The van der Waals surface area contributed by atoms with Gasteiger partial charge in [-0.05, 0) is 31.0 Å². The van der Waals surface area contributed by atoms with Gasteiger partial charge in [-0.15, -0.1) is 0 Å². The van der Waals surface area contributed by atoms with E-state index in [0.29, 0.717) is 30.3 Å². The van der Waals surface area contributed by atoms with Gasteiger partial charge in [-0.3, -0.25) is 0 Å². The number of nitrogens with zero attached hydrogens (tertiary/aromatic N) is 2. The van der Waals surface area contributed by atoms with Crippen LogP contribution in [0.2, 0.25) is 0 Å². The molecule has 0 aliphatic carbocycles. The van der Waals surface area contributed by atoms with Gasteiger partial charge in [0.2, 0.25) is 11.7 Å². The molecular formula is C14H18FN3O3. The van der Waals surface area contributed by atoms with Crippen LogP contribution < -0.4 is 10.5 Å². The Kier molecular flexibility index (Phi) is 5.24. The molecule has 6 nitrogen and oxygen atoms in total. The van der Waals surface area contributed by atoms with Gasteiger partial charge in [0, 0.05) is 19.3 Å². The average molecular weight is 295 g/mol. The second-order valence-electron chi connectivity index (χ2n) is 4.55. The number of rotatable bonds is 7. The number of aromatic nitrogens is 2. The lowest BCUT2D eigenvalue weighted by molar-refractivity contribution is 0.188. The fourth-order valence-electron chi connectivity index (χ4n) is 1.87. The lowest BCUT2D eigenvalue weighted by Gasteiger charge is -2.05. The van der Waals surface area contributed by atoms with E-state index >= 15 is 0 Å². The SMILES string of the molecule is COCCCC(N)c1nc(-c2ccc(F)c(OC)c2)no1. The van der Waals surface area contributed by atoms with Crippen molar-refractivity contribution < 1.29 is 18.4 Å². The van der Waals surface area contributed by atoms with Gasteiger partial charge in [0.1, 0.15) is 0 Å². The molecule has 0 saturated heterocycles. The van der Waals surface area contributed by atoms with E-state index in [9.17, 15) is 4.39 Å². The topological polar surface area (TPSA) is 83.4 Å². The fourth-order valence-corrected chi connectivity index (χ4v) is 1.87. The summed E-state index contributed by atoms with van der Waals surface area (Å²) < 4.78 is 28.4. The number of methoxy groups -OCH3 is 2. The van der Waals surface area contributed by atoms with Gasteiger partial charge in [0.05, 0.1) is 13.2 Å². The summed E-state index contributed by atoms with van der Waals surface area (Å²) in [6, 6.07) is 4.02. The highest BCUT2D eigenvalue weighted by molar-refractivity contribution is 5.57. The molecule has 2 rings (SSSR count). The van der Waals surface area contributed by atoms with Crippen molar-refractivity contribution in [2.24, 2.45) is 5.73 Å². The van der Waals surface area contributed by atoms with Crippen LogP contribution in [0.25, 0.3) is 11.4 Å². The maximum atomic E-state index is 13.4. The van der Waals surface area contributed by atoms with Crippen LogP contribution in [0, 0.1) is 5.82 Å². The maximum absolute atomic E-state index is 13.4. The molecule has 0 spiro atoms. The van der Waals surface area contributed by atoms with E-state index in [1.54, 1.807) is 13.2 Å². The van der Waals surface area contributed by atoms with Gasteiger partial charge in [-0.2, -0.15) is 4.98 Å². The van der Waals surface area contributed by atoms with Crippen LogP contribution in [0.15, 0.2) is 22.7 Å². The Morgan fingerprint density at radius 2 is 2.19 bits per heavy atom. The minimum Gasteiger partial charge on any atom is -0.494 e. The van der Waals surface area contributed by atoms with Crippen LogP contribution in [0.5, 0.6) is 5.75 Å². The van der Waals surface area contributed by atoms with Gasteiger partial charge in [-0.1, -0.05) is 5.16 Å². The molecule has 0 fully saturated rings. The summed E-state index contributed by atoms with van der Waals surface area (Å²) in [5, 5.41) is 3.87. The molecule has 2 N–H and O–H groups in total. The summed E-state index contributed by atoms with van der Waals surface area (Å²) in [6.45, 7) is 0.629. The highest BCUT2D eigenvalue weighted by atomic mass is 19.1. The van der Waals surface area contributed by atoms with E-state index in [1.807, 2.05) is 0 Å². The van der Waals surface area contributed by atoms with E-state index in [4.69, 9.17) is 19.7 Å². The van der Waals surface area contributed by atoms with Crippen molar-refractivity contribution in [2.45, 2.75) is 18.9 Å². The summed E-state index contributed by atoms with van der Waals surface area (Å²) in [5.41, 5.74) is 6.57. The normalized spacial score (nSPS) is 12.4. The molecular weight excluding hydrogens is 277 g/mol. The number of hydrogen-bond acceptors (Lipinski definition) is 6. The Labute approximate surface area is 122 Å². The van der Waals surface area contributed by atoms with Crippen LogP contribution in [0.3, 0.4) is 0 Å². The lowest BCUT2D eigenvalue weighted by Crippen LogP contribution is -2.11. The second kappa shape index (κ2) is 7.14. The Balaban J connectivity index is 2.12. The van der Waals surface area contributed by atoms with E-state index in [1.165, 1.54) is 19.2 Å². The Morgan fingerprint density at radius 3 is 2.90 bits per heavy atom. The minimum absolute atomic E-state index is 0.128. The molecule has 7 heteroatoms. The first-order chi connectivity index (χ1) is 10.2. The van der Waals surface area contributed by atoms with Crippen molar-refractivity contribution in [1.29, 1.82) is 0 Å². The van der Waals surface area contributed by atoms with Gasteiger partial charge in [0.15, 0.2) is 11.6 Å². The molecule has 1 heterocycles. The third-order valence-electron chi connectivity index (χ3n) is 3.03. The van der Waals surface area contributed by atoms with Crippen molar-refractivity contribution in [3.8, 4) is 17.1 Å². The smallest absolute Gasteiger partial charge is 0.243 e. The number of benzene rings is 1. The monoisotopic (exact) mass is 295 g/mol. The molecule has 21 heavy (non-hydrogen) atoms. The summed E-state index contributed by atoms with van der Waals surface area (Å²) in [6.07, 6.45) is 1.49. The molecule has 0 aliphatic rings. The molecule has 0 radical (unpaired) electrons. The molecule has 1 aromatic carbocycles. The average Bonchev–Trinajstić information content (AvgIpc) is 2.98. The fraction of sp³-hybridized carbons (Fsp3) is 0.429. The zero-order valence-electron chi connectivity index (χ0n) is 12.0. The minimum atomic E-state index is -0.443. The first kappa shape index (κ1) is 15.4. The van der Waals surface area contributed by atoms with E-state index < -0.39 is 5.82 Å². The number of hydrogen-bond donors (Lipinski definition) is 1.